The largest absolute Gasteiger partial charge is 0.394 e. The molecule has 19 nitrogen and oxygen atoms in total. The summed E-state index contributed by atoms with van der Waals surface area (Å²) in [4.78, 5) is 13.4. The van der Waals surface area contributed by atoms with Gasteiger partial charge in [-0.05, 0) is 32.1 Å². The van der Waals surface area contributed by atoms with Crippen molar-refractivity contribution in [3.8, 4) is 0 Å². The van der Waals surface area contributed by atoms with Crippen LogP contribution in [0.3, 0.4) is 0 Å². The Morgan fingerprint density at radius 3 is 1.06 bits per heavy atom. The number of amides is 1. The molecule has 0 spiro atoms. The fraction of sp³-hybridized carbons (Fsp3) is 0.933. The Hall–Kier alpha value is -1.73. The van der Waals surface area contributed by atoms with E-state index in [1.165, 1.54) is 244 Å². The first-order valence-corrected chi connectivity index (χ1v) is 38.6. The van der Waals surface area contributed by atoms with Crippen molar-refractivity contribution in [3.63, 3.8) is 0 Å². The first kappa shape index (κ1) is 86.5. The Labute approximate surface area is 568 Å². The van der Waals surface area contributed by atoms with E-state index in [2.05, 4.69) is 31.3 Å². The molecule has 554 valence electrons. The number of aliphatic hydroxyl groups is 11. The molecule has 3 fully saturated rings. The van der Waals surface area contributed by atoms with Gasteiger partial charge in [0, 0.05) is 6.42 Å². The van der Waals surface area contributed by atoms with Gasteiger partial charge in [-0.2, -0.15) is 0 Å². The number of unbranched alkanes of at least 4 members (excludes halogenated alkanes) is 43. The molecule has 17 atom stereocenters. The predicted octanol–water partition coefficient (Wildman–Crippen LogP) is 11.8. The van der Waals surface area contributed by atoms with Crippen LogP contribution in [0.4, 0.5) is 0 Å². The average Bonchev–Trinajstić information content (AvgIpc) is 0.787. The average molecular weight is 1340 g/mol. The van der Waals surface area contributed by atoms with E-state index in [0.29, 0.717) is 12.8 Å². The second-order valence-electron chi connectivity index (χ2n) is 27.8. The Kier molecular flexibility index (Phi) is 52.4. The number of ether oxygens (including phenoxy) is 6. The van der Waals surface area contributed by atoms with Crippen molar-refractivity contribution in [1.82, 2.24) is 5.32 Å². The van der Waals surface area contributed by atoms with Crippen LogP contribution in [0.5, 0.6) is 0 Å². The van der Waals surface area contributed by atoms with E-state index in [1.807, 2.05) is 6.08 Å². The second-order valence-corrected chi connectivity index (χ2v) is 27.8. The van der Waals surface area contributed by atoms with E-state index in [-0.39, 0.29) is 18.9 Å². The summed E-state index contributed by atoms with van der Waals surface area (Å²) < 4.78 is 34.3. The van der Waals surface area contributed by atoms with Crippen LogP contribution in [-0.4, -0.2) is 193 Å². The molecule has 0 aromatic rings. The number of carbonyl (C=O) groups is 1. The number of nitrogens with one attached hydrogen (secondary N) is 1. The molecule has 12 N–H and O–H groups in total. The molecule has 0 radical (unpaired) electrons. The molecule has 17 unspecified atom stereocenters. The number of rotatable bonds is 61. The molecule has 3 saturated heterocycles. The number of allylic oxidation sites excluding steroid dienone is 3. The lowest BCUT2D eigenvalue weighted by Gasteiger charge is -2.48. The van der Waals surface area contributed by atoms with Crippen LogP contribution in [0.25, 0.3) is 0 Å². The summed E-state index contributed by atoms with van der Waals surface area (Å²) in [5.41, 5.74) is 0. The van der Waals surface area contributed by atoms with Gasteiger partial charge in [-0.15, -0.1) is 0 Å². The van der Waals surface area contributed by atoms with E-state index in [1.54, 1.807) is 6.08 Å². The molecule has 19 heteroatoms. The minimum atomic E-state index is -1.98. The molecule has 3 heterocycles. The zero-order valence-electron chi connectivity index (χ0n) is 59.0. The molecule has 3 aliphatic heterocycles. The summed E-state index contributed by atoms with van der Waals surface area (Å²) in [5, 5.41) is 120. The summed E-state index contributed by atoms with van der Waals surface area (Å²) in [5.74, 6) is -0.281. The first-order chi connectivity index (χ1) is 45.8. The topological polar surface area (TPSA) is 307 Å². The number of hydrogen-bond acceptors (Lipinski definition) is 18. The van der Waals surface area contributed by atoms with Crippen LogP contribution in [-0.2, 0) is 33.2 Å². The molecular weight excluding hydrogens is 1200 g/mol. The standard InChI is InChI=1S/C75H141NO18/c1-3-5-7-9-11-13-15-16-17-18-19-20-21-22-23-24-25-26-27-28-29-30-31-32-33-34-35-36-37-38-39-40-41-43-45-47-49-51-53-63(81)76-58(59(80)52-50-48-46-44-42-14-12-10-8-6-4-2)57-89-73-69(87)66(84)71(61(55-78)91-73)94-75-70(88)67(85)72(62(56-79)92-75)93-74-68(86)65(83)64(82)60(54-77)90-74/h42,44,50,52,58-62,64-75,77-80,82-88H,3-41,43,45-49,51,53-57H2,1-2H3,(H,76,81)/b44-42+,52-50+. The fourth-order valence-corrected chi connectivity index (χ4v) is 13.3. The summed E-state index contributed by atoms with van der Waals surface area (Å²) in [6.45, 7) is 1.71. The molecule has 3 aliphatic rings. The number of aliphatic hydroxyl groups excluding tert-OH is 11. The van der Waals surface area contributed by atoms with E-state index >= 15 is 0 Å². The van der Waals surface area contributed by atoms with Crippen LogP contribution in [0, 0.1) is 0 Å². The summed E-state index contributed by atoms with van der Waals surface area (Å²) in [6.07, 6.45) is 40.9. The maximum Gasteiger partial charge on any atom is 0.220 e. The van der Waals surface area contributed by atoms with Gasteiger partial charge in [0.1, 0.15) is 73.2 Å². The molecule has 1 amide bonds. The lowest BCUT2D eigenvalue weighted by atomic mass is 9.96. The number of carbonyl (C=O) groups excluding carboxylic acids is 1. The van der Waals surface area contributed by atoms with Crippen molar-refractivity contribution in [2.24, 2.45) is 0 Å². The van der Waals surface area contributed by atoms with Crippen molar-refractivity contribution >= 4 is 5.91 Å². The maximum absolute atomic E-state index is 13.4. The number of hydrogen-bond donors (Lipinski definition) is 12. The zero-order chi connectivity index (χ0) is 68.2. The van der Waals surface area contributed by atoms with Crippen LogP contribution in [0.2, 0.25) is 0 Å². The van der Waals surface area contributed by atoms with E-state index in [0.717, 1.165) is 38.5 Å². The highest BCUT2D eigenvalue weighted by molar-refractivity contribution is 5.76. The molecule has 0 aliphatic carbocycles. The Bertz CT molecular complexity index is 1800. The third-order valence-corrected chi connectivity index (χ3v) is 19.5. The fourth-order valence-electron chi connectivity index (χ4n) is 13.3. The highest BCUT2D eigenvalue weighted by atomic mass is 16.8. The van der Waals surface area contributed by atoms with Crippen LogP contribution in [0.15, 0.2) is 24.3 Å². The van der Waals surface area contributed by atoms with E-state index in [4.69, 9.17) is 28.4 Å². The molecule has 0 aromatic heterocycles. The summed E-state index contributed by atoms with van der Waals surface area (Å²) in [6, 6.07) is -0.986. The lowest BCUT2D eigenvalue weighted by molar-refractivity contribution is -0.379. The Morgan fingerprint density at radius 1 is 0.372 bits per heavy atom. The second kappa shape index (κ2) is 57.0. The van der Waals surface area contributed by atoms with Gasteiger partial charge in [0.05, 0.1) is 38.6 Å². The molecule has 0 saturated carbocycles. The van der Waals surface area contributed by atoms with Gasteiger partial charge < -0.3 is 89.9 Å². The van der Waals surface area contributed by atoms with Gasteiger partial charge in [-0.25, -0.2) is 0 Å². The molecule has 0 aromatic carbocycles. The molecule has 3 rings (SSSR count). The Balaban J connectivity index is 1.27. The van der Waals surface area contributed by atoms with Gasteiger partial charge >= 0.3 is 0 Å². The van der Waals surface area contributed by atoms with Gasteiger partial charge in [0.2, 0.25) is 5.91 Å². The quantitative estimate of drug-likeness (QED) is 0.0199. The normalized spacial score (nSPS) is 27.4. The SMILES string of the molecule is CCCCCCC/C=C/CC/C=C/C(O)C(COC1OC(CO)C(OC2OC(CO)C(OC3OC(CO)C(O)C(O)C3O)C(O)C2O)C(O)C1O)NC(=O)CCCCCCCCCCCCCCCCCCCCCCCCCCCCCCCCCCCCCCCC. The third-order valence-electron chi connectivity index (χ3n) is 19.5. The van der Waals surface area contributed by atoms with Crippen LogP contribution in [0.1, 0.15) is 316 Å². The van der Waals surface area contributed by atoms with Gasteiger partial charge in [-0.3, -0.25) is 4.79 Å². The molecular formula is C75H141NO18. The monoisotopic (exact) mass is 1340 g/mol. The summed E-state index contributed by atoms with van der Waals surface area (Å²) >= 11 is 0. The van der Waals surface area contributed by atoms with Crippen molar-refractivity contribution < 1.29 is 89.4 Å². The van der Waals surface area contributed by atoms with Gasteiger partial charge in [-0.1, -0.05) is 301 Å². The van der Waals surface area contributed by atoms with Crippen LogP contribution >= 0.6 is 0 Å². The maximum atomic E-state index is 13.4. The molecule has 0 bridgehead atoms. The van der Waals surface area contributed by atoms with Crippen LogP contribution < -0.4 is 5.32 Å². The van der Waals surface area contributed by atoms with Crippen molar-refractivity contribution in [3.05, 3.63) is 24.3 Å². The zero-order valence-corrected chi connectivity index (χ0v) is 59.0. The van der Waals surface area contributed by atoms with Gasteiger partial charge in [0.25, 0.3) is 0 Å². The first-order valence-electron chi connectivity index (χ1n) is 38.6. The third kappa shape index (κ3) is 37.6. The van der Waals surface area contributed by atoms with E-state index in [9.17, 15) is 61.0 Å². The highest BCUT2D eigenvalue weighted by Crippen LogP contribution is 2.33. The minimum Gasteiger partial charge on any atom is -0.394 e. The van der Waals surface area contributed by atoms with Crippen molar-refractivity contribution in [1.29, 1.82) is 0 Å². The van der Waals surface area contributed by atoms with Crippen molar-refractivity contribution in [2.45, 2.75) is 420 Å². The lowest BCUT2D eigenvalue weighted by Crippen LogP contribution is -2.66. The van der Waals surface area contributed by atoms with Gasteiger partial charge in [0.15, 0.2) is 18.9 Å². The highest BCUT2D eigenvalue weighted by Gasteiger charge is 2.53. The predicted molar refractivity (Wildman–Crippen MR) is 370 cm³/mol. The minimum absolute atomic E-state index is 0.240. The van der Waals surface area contributed by atoms with Crippen molar-refractivity contribution in [2.75, 3.05) is 26.4 Å². The van der Waals surface area contributed by atoms with E-state index < -0.39 is 124 Å². The molecule has 94 heavy (non-hydrogen) atoms. The smallest absolute Gasteiger partial charge is 0.220 e. The Morgan fingerprint density at radius 2 is 0.681 bits per heavy atom. The summed E-state index contributed by atoms with van der Waals surface area (Å²) in [7, 11) is 0.